The molecule has 1 N–H and O–H groups in total. The van der Waals surface area contributed by atoms with Gasteiger partial charge in [0, 0.05) is 26.2 Å². The van der Waals surface area contributed by atoms with E-state index in [9.17, 15) is 13.2 Å². The van der Waals surface area contributed by atoms with Gasteiger partial charge in [0.1, 0.15) is 5.67 Å². The van der Waals surface area contributed by atoms with Gasteiger partial charge in [-0.05, 0) is 12.8 Å². The average Bonchev–Trinajstić information content (AvgIpc) is 2.84. The average molecular weight is 208 g/mol. The van der Waals surface area contributed by atoms with Gasteiger partial charge in [0.15, 0.2) is 0 Å². The number of hydrogen-bond acceptors (Lipinski definition) is 2. The smallest absolute Gasteiger partial charge is 0.255 e. The summed E-state index contributed by atoms with van der Waals surface area (Å²) < 4.78 is 38.5. The maximum atomic E-state index is 13.4. The van der Waals surface area contributed by atoms with Crippen molar-refractivity contribution in [3.8, 4) is 0 Å². The van der Waals surface area contributed by atoms with Crippen molar-refractivity contribution >= 4 is 0 Å². The molecule has 0 bridgehead atoms. The molecule has 1 unspecified atom stereocenters. The number of nitrogens with one attached hydrogen (secondary N) is 1. The van der Waals surface area contributed by atoms with Crippen molar-refractivity contribution in [2.45, 2.75) is 31.0 Å². The lowest BCUT2D eigenvalue weighted by Gasteiger charge is -2.36. The lowest BCUT2D eigenvalue weighted by atomic mass is 10.1. The standard InChI is InChI=1S/C9H15F3N2/c10-8(11)7-5-13-3-4-14(7)6-9(12)1-2-9/h7-8,13H,1-6H2. The second-order valence-corrected chi connectivity index (χ2v) is 4.23. The number of nitrogens with zero attached hydrogens (tertiary/aromatic N) is 1. The molecular formula is C9H15F3N2. The van der Waals surface area contributed by atoms with Crippen molar-refractivity contribution in [2.24, 2.45) is 0 Å². The fourth-order valence-electron chi connectivity index (χ4n) is 1.87. The summed E-state index contributed by atoms with van der Waals surface area (Å²) in [4.78, 5) is 1.59. The molecule has 1 atom stereocenters. The van der Waals surface area contributed by atoms with Gasteiger partial charge in [0.2, 0.25) is 0 Å². The number of alkyl halides is 3. The number of piperazine rings is 1. The van der Waals surface area contributed by atoms with E-state index in [-0.39, 0.29) is 13.1 Å². The molecule has 0 radical (unpaired) electrons. The highest BCUT2D eigenvalue weighted by molar-refractivity contribution is 4.99. The Morgan fingerprint density at radius 1 is 1.43 bits per heavy atom. The quantitative estimate of drug-likeness (QED) is 0.745. The topological polar surface area (TPSA) is 15.3 Å². The Hall–Kier alpha value is -0.290. The predicted molar refractivity (Wildman–Crippen MR) is 47.3 cm³/mol. The van der Waals surface area contributed by atoms with Gasteiger partial charge in [0.25, 0.3) is 6.43 Å². The van der Waals surface area contributed by atoms with E-state index >= 15 is 0 Å². The van der Waals surface area contributed by atoms with Crippen LogP contribution in [0, 0.1) is 0 Å². The molecule has 14 heavy (non-hydrogen) atoms. The Kier molecular flexibility index (Phi) is 2.70. The first-order valence-corrected chi connectivity index (χ1v) is 5.03. The Labute approximate surface area is 81.5 Å². The summed E-state index contributed by atoms with van der Waals surface area (Å²) >= 11 is 0. The first-order valence-electron chi connectivity index (χ1n) is 5.03. The van der Waals surface area contributed by atoms with Crippen LogP contribution in [0.2, 0.25) is 0 Å². The normalized spacial score (nSPS) is 32.1. The third-order valence-corrected chi connectivity index (χ3v) is 2.97. The molecule has 0 spiro atoms. The molecule has 1 saturated carbocycles. The molecule has 5 heteroatoms. The minimum absolute atomic E-state index is 0.184. The summed E-state index contributed by atoms with van der Waals surface area (Å²) in [6, 6.07) is -0.808. The van der Waals surface area contributed by atoms with E-state index in [0.717, 1.165) is 0 Å². The number of halogens is 3. The number of rotatable bonds is 3. The molecular weight excluding hydrogens is 193 g/mol. The monoisotopic (exact) mass is 208 g/mol. The Morgan fingerprint density at radius 2 is 2.14 bits per heavy atom. The Balaban J connectivity index is 1.92. The zero-order valence-electron chi connectivity index (χ0n) is 7.98. The molecule has 2 nitrogen and oxygen atoms in total. The molecule has 1 aliphatic heterocycles. The van der Waals surface area contributed by atoms with Crippen LogP contribution in [-0.2, 0) is 0 Å². The molecule has 0 aromatic heterocycles. The lowest BCUT2D eigenvalue weighted by molar-refractivity contribution is -0.00103. The van der Waals surface area contributed by atoms with Gasteiger partial charge in [-0.15, -0.1) is 0 Å². The van der Waals surface area contributed by atoms with E-state index in [4.69, 9.17) is 0 Å². The van der Waals surface area contributed by atoms with Crippen molar-refractivity contribution in [3.63, 3.8) is 0 Å². The SMILES string of the molecule is FC(F)C1CNCCN1CC1(F)CC1. The molecule has 1 aliphatic carbocycles. The maximum Gasteiger partial charge on any atom is 0.255 e. The van der Waals surface area contributed by atoms with E-state index in [1.807, 2.05) is 0 Å². The lowest BCUT2D eigenvalue weighted by Crippen LogP contribution is -2.56. The van der Waals surface area contributed by atoms with Gasteiger partial charge in [-0.1, -0.05) is 0 Å². The summed E-state index contributed by atoms with van der Waals surface area (Å²) in [5.74, 6) is 0. The first kappa shape index (κ1) is 10.2. The minimum atomic E-state index is -2.38. The van der Waals surface area contributed by atoms with E-state index in [1.165, 1.54) is 0 Å². The molecule has 2 rings (SSSR count). The van der Waals surface area contributed by atoms with Crippen LogP contribution in [-0.4, -0.2) is 49.2 Å². The molecule has 2 aliphatic rings. The van der Waals surface area contributed by atoms with Crippen LogP contribution in [0.15, 0.2) is 0 Å². The van der Waals surface area contributed by atoms with Crippen LogP contribution < -0.4 is 5.32 Å². The zero-order valence-corrected chi connectivity index (χ0v) is 7.98. The van der Waals surface area contributed by atoms with Crippen molar-refractivity contribution in [2.75, 3.05) is 26.2 Å². The van der Waals surface area contributed by atoms with E-state index in [2.05, 4.69) is 5.32 Å². The Morgan fingerprint density at radius 3 is 2.71 bits per heavy atom. The minimum Gasteiger partial charge on any atom is -0.314 e. The van der Waals surface area contributed by atoms with Crippen molar-refractivity contribution in [1.29, 1.82) is 0 Å². The van der Waals surface area contributed by atoms with Gasteiger partial charge in [-0.2, -0.15) is 0 Å². The molecule has 82 valence electrons. The van der Waals surface area contributed by atoms with Gasteiger partial charge in [0.05, 0.1) is 6.04 Å². The van der Waals surface area contributed by atoms with Crippen molar-refractivity contribution in [1.82, 2.24) is 10.2 Å². The van der Waals surface area contributed by atoms with E-state index in [1.54, 1.807) is 4.90 Å². The second-order valence-electron chi connectivity index (χ2n) is 4.23. The molecule has 2 fully saturated rings. The summed E-state index contributed by atoms with van der Waals surface area (Å²) in [6.45, 7) is 1.66. The second kappa shape index (κ2) is 3.70. The summed E-state index contributed by atoms with van der Waals surface area (Å²) in [6.07, 6.45) is -1.31. The molecule has 1 saturated heterocycles. The Bertz CT molecular complexity index is 206. The maximum absolute atomic E-state index is 13.4. The molecule has 1 heterocycles. The van der Waals surface area contributed by atoms with Gasteiger partial charge < -0.3 is 5.32 Å². The van der Waals surface area contributed by atoms with Gasteiger partial charge >= 0.3 is 0 Å². The van der Waals surface area contributed by atoms with Crippen molar-refractivity contribution in [3.05, 3.63) is 0 Å². The largest absolute Gasteiger partial charge is 0.314 e. The summed E-state index contributed by atoms with van der Waals surface area (Å²) in [7, 11) is 0. The van der Waals surface area contributed by atoms with Gasteiger partial charge in [-0.3, -0.25) is 4.90 Å². The van der Waals surface area contributed by atoms with Crippen molar-refractivity contribution < 1.29 is 13.2 Å². The van der Waals surface area contributed by atoms with Crippen LogP contribution in [0.5, 0.6) is 0 Å². The number of hydrogen-bond donors (Lipinski definition) is 1. The molecule has 0 aromatic rings. The molecule has 0 aromatic carbocycles. The predicted octanol–water partition coefficient (Wildman–Crippen LogP) is 1.03. The first-order chi connectivity index (χ1) is 6.61. The fraction of sp³-hybridized carbons (Fsp3) is 1.00. The van der Waals surface area contributed by atoms with Crippen LogP contribution in [0.4, 0.5) is 13.2 Å². The highest BCUT2D eigenvalue weighted by Gasteiger charge is 2.46. The highest BCUT2D eigenvalue weighted by atomic mass is 19.3. The highest BCUT2D eigenvalue weighted by Crippen LogP contribution is 2.41. The van der Waals surface area contributed by atoms with Crippen LogP contribution >= 0.6 is 0 Å². The zero-order chi connectivity index (χ0) is 10.2. The summed E-state index contributed by atoms with van der Waals surface area (Å²) in [5, 5.41) is 2.91. The van der Waals surface area contributed by atoms with Crippen LogP contribution in [0.1, 0.15) is 12.8 Å². The third-order valence-electron chi connectivity index (χ3n) is 2.97. The van der Waals surface area contributed by atoms with Gasteiger partial charge in [-0.25, -0.2) is 13.2 Å². The van der Waals surface area contributed by atoms with Crippen LogP contribution in [0.3, 0.4) is 0 Å². The summed E-state index contributed by atoms with van der Waals surface area (Å²) in [5.41, 5.74) is -1.16. The fourth-order valence-corrected chi connectivity index (χ4v) is 1.87. The van der Waals surface area contributed by atoms with Crippen LogP contribution in [0.25, 0.3) is 0 Å². The van der Waals surface area contributed by atoms with E-state index < -0.39 is 18.1 Å². The molecule has 0 amide bonds. The third kappa shape index (κ3) is 2.20. The van der Waals surface area contributed by atoms with E-state index in [0.29, 0.717) is 25.9 Å².